The summed E-state index contributed by atoms with van der Waals surface area (Å²) in [6.07, 6.45) is 3.98. The van der Waals surface area contributed by atoms with Crippen molar-refractivity contribution in [1.29, 1.82) is 0 Å². The van der Waals surface area contributed by atoms with E-state index in [0.29, 0.717) is 0 Å². The van der Waals surface area contributed by atoms with Crippen molar-refractivity contribution in [3.8, 4) is 0 Å². The zero-order valence-electron chi connectivity index (χ0n) is 6.19. The maximum atomic E-state index is 4.31. The van der Waals surface area contributed by atoms with E-state index in [1.54, 1.807) is 11.8 Å². The second kappa shape index (κ2) is 2.58. The minimum absolute atomic E-state index is 1.07. The summed E-state index contributed by atoms with van der Waals surface area (Å²) in [7, 11) is 0. The van der Waals surface area contributed by atoms with Crippen LogP contribution in [0.5, 0.6) is 0 Å². The van der Waals surface area contributed by atoms with Crippen molar-refractivity contribution in [2.45, 2.75) is 5.03 Å². The summed E-state index contributed by atoms with van der Waals surface area (Å²) >= 11 is 1.66. The quantitative estimate of drug-likeness (QED) is 0.600. The van der Waals surface area contributed by atoms with E-state index in [0.717, 1.165) is 10.5 Å². The Morgan fingerprint density at radius 2 is 2.36 bits per heavy atom. The van der Waals surface area contributed by atoms with Crippen LogP contribution in [0.15, 0.2) is 35.5 Å². The van der Waals surface area contributed by atoms with Crippen LogP contribution in [0.25, 0.3) is 5.52 Å². The number of hydrogen-bond donors (Lipinski definition) is 0. The molecule has 0 N–H and O–H groups in total. The average molecular weight is 164 g/mol. The van der Waals surface area contributed by atoms with Gasteiger partial charge in [0.1, 0.15) is 5.03 Å². The summed E-state index contributed by atoms with van der Waals surface area (Å²) < 4.78 is 1.88. The van der Waals surface area contributed by atoms with Crippen LogP contribution in [0.3, 0.4) is 0 Å². The lowest BCUT2D eigenvalue weighted by molar-refractivity contribution is 0.902. The summed E-state index contributed by atoms with van der Waals surface area (Å²) in [4.78, 5) is 0. The van der Waals surface area contributed by atoms with Gasteiger partial charge in [0.25, 0.3) is 0 Å². The second-order valence-corrected chi connectivity index (χ2v) is 3.08. The molecule has 0 bridgehead atoms. The number of nitrogens with zero attached hydrogens (tertiary/aromatic N) is 2. The molecule has 2 nitrogen and oxygen atoms in total. The maximum Gasteiger partial charge on any atom is 0.119 e. The Morgan fingerprint density at radius 1 is 1.45 bits per heavy atom. The van der Waals surface area contributed by atoms with Crippen LogP contribution >= 0.6 is 11.8 Å². The normalized spacial score (nSPS) is 10.6. The van der Waals surface area contributed by atoms with Crippen LogP contribution in [-0.4, -0.2) is 15.9 Å². The van der Waals surface area contributed by atoms with Crippen LogP contribution < -0.4 is 0 Å². The van der Waals surface area contributed by atoms with Crippen LogP contribution in [0, 0.1) is 0 Å². The Hall–Kier alpha value is -0.960. The monoisotopic (exact) mass is 164 g/mol. The first-order chi connectivity index (χ1) is 5.40. The Balaban J connectivity index is 2.69. The Kier molecular flexibility index (Phi) is 1.58. The van der Waals surface area contributed by atoms with Crippen molar-refractivity contribution in [1.82, 2.24) is 9.61 Å². The van der Waals surface area contributed by atoms with Gasteiger partial charge in [-0.2, -0.15) is 5.10 Å². The van der Waals surface area contributed by atoms with Gasteiger partial charge in [-0.25, -0.2) is 4.52 Å². The lowest BCUT2D eigenvalue weighted by Crippen LogP contribution is -1.83. The van der Waals surface area contributed by atoms with Gasteiger partial charge in [0.2, 0.25) is 0 Å². The molecule has 0 fully saturated rings. The first-order valence-corrected chi connectivity index (χ1v) is 4.61. The van der Waals surface area contributed by atoms with Gasteiger partial charge in [0.05, 0.1) is 5.52 Å². The predicted octanol–water partition coefficient (Wildman–Crippen LogP) is 2.06. The SMILES string of the molecule is CSc1cc2ccccn2n1. The highest BCUT2D eigenvalue weighted by molar-refractivity contribution is 7.98. The molecule has 0 unspecified atom stereocenters. The highest BCUT2D eigenvalue weighted by Crippen LogP contribution is 2.14. The molecule has 0 spiro atoms. The van der Waals surface area contributed by atoms with Crippen molar-refractivity contribution in [2.75, 3.05) is 6.26 Å². The first kappa shape index (κ1) is 6.73. The van der Waals surface area contributed by atoms with Crippen LogP contribution in [0.4, 0.5) is 0 Å². The van der Waals surface area contributed by atoms with Crippen molar-refractivity contribution in [2.24, 2.45) is 0 Å². The molecule has 2 rings (SSSR count). The third-order valence-electron chi connectivity index (χ3n) is 1.56. The predicted molar refractivity (Wildman–Crippen MR) is 47.0 cm³/mol. The van der Waals surface area contributed by atoms with E-state index in [2.05, 4.69) is 11.2 Å². The molecule has 2 aromatic heterocycles. The summed E-state index contributed by atoms with van der Waals surface area (Å²) in [5.41, 5.74) is 1.15. The van der Waals surface area contributed by atoms with Crippen LogP contribution in [0.1, 0.15) is 0 Å². The van der Waals surface area contributed by atoms with E-state index in [1.165, 1.54) is 0 Å². The summed E-state index contributed by atoms with van der Waals surface area (Å²) in [5, 5.41) is 5.38. The van der Waals surface area contributed by atoms with Crippen LogP contribution in [0.2, 0.25) is 0 Å². The number of hydrogen-bond acceptors (Lipinski definition) is 2. The molecule has 3 heteroatoms. The molecular weight excluding hydrogens is 156 g/mol. The Morgan fingerprint density at radius 3 is 3.09 bits per heavy atom. The summed E-state index contributed by atoms with van der Waals surface area (Å²) in [5.74, 6) is 0. The minimum Gasteiger partial charge on any atom is -0.240 e. The molecular formula is C8H8N2S. The second-order valence-electron chi connectivity index (χ2n) is 2.26. The van der Waals surface area contributed by atoms with Crippen molar-refractivity contribution >= 4 is 17.3 Å². The van der Waals surface area contributed by atoms with Gasteiger partial charge >= 0.3 is 0 Å². The Labute approximate surface area is 69.2 Å². The maximum absolute atomic E-state index is 4.31. The van der Waals surface area contributed by atoms with E-state index < -0.39 is 0 Å². The van der Waals surface area contributed by atoms with Gasteiger partial charge in [-0.3, -0.25) is 0 Å². The largest absolute Gasteiger partial charge is 0.240 e. The number of thioether (sulfide) groups is 1. The fourth-order valence-electron chi connectivity index (χ4n) is 1.01. The smallest absolute Gasteiger partial charge is 0.119 e. The zero-order chi connectivity index (χ0) is 7.68. The molecule has 0 amide bonds. The number of aromatic nitrogens is 2. The highest BCUT2D eigenvalue weighted by Gasteiger charge is 1.96. The van der Waals surface area contributed by atoms with Gasteiger partial charge in [-0.15, -0.1) is 11.8 Å². The van der Waals surface area contributed by atoms with E-state index in [4.69, 9.17) is 0 Å². The van der Waals surface area contributed by atoms with Gasteiger partial charge in [0.15, 0.2) is 0 Å². The van der Waals surface area contributed by atoms with Crippen molar-refractivity contribution in [3.63, 3.8) is 0 Å². The van der Waals surface area contributed by atoms with Crippen molar-refractivity contribution < 1.29 is 0 Å². The third kappa shape index (κ3) is 1.12. The van der Waals surface area contributed by atoms with Gasteiger partial charge in [0, 0.05) is 6.20 Å². The highest BCUT2D eigenvalue weighted by atomic mass is 32.2. The molecule has 0 saturated carbocycles. The number of fused-ring (bicyclic) bond motifs is 1. The van der Waals surface area contributed by atoms with E-state index in [9.17, 15) is 0 Å². The molecule has 56 valence electrons. The van der Waals surface area contributed by atoms with Crippen LogP contribution in [-0.2, 0) is 0 Å². The third-order valence-corrected chi connectivity index (χ3v) is 2.17. The lowest BCUT2D eigenvalue weighted by atomic mass is 10.4. The molecule has 2 aromatic rings. The minimum atomic E-state index is 1.07. The topological polar surface area (TPSA) is 17.3 Å². The van der Waals surface area contributed by atoms with Crippen molar-refractivity contribution in [3.05, 3.63) is 30.5 Å². The molecule has 11 heavy (non-hydrogen) atoms. The van der Waals surface area contributed by atoms with Gasteiger partial charge < -0.3 is 0 Å². The van der Waals surface area contributed by atoms with E-state index in [-0.39, 0.29) is 0 Å². The number of rotatable bonds is 1. The molecule has 0 atom stereocenters. The lowest BCUT2D eigenvalue weighted by Gasteiger charge is -1.87. The number of pyridine rings is 1. The molecule has 0 aliphatic rings. The van der Waals surface area contributed by atoms with E-state index in [1.807, 2.05) is 35.2 Å². The summed E-state index contributed by atoms with van der Waals surface area (Å²) in [6, 6.07) is 8.11. The fraction of sp³-hybridized carbons (Fsp3) is 0.125. The first-order valence-electron chi connectivity index (χ1n) is 3.38. The standard InChI is InChI=1S/C8H8N2S/c1-11-8-6-7-4-2-3-5-10(7)9-8/h2-6H,1H3. The van der Waals surface area contributed by atoms with Gasteiger partial charge in [-0.05, 0) is 24.5 Å². The molecule has 0 aliphatic carbocycles. The molecule has 0 aromatic carbocycles. The molecule has 0 saturated heterocycles. The van der Waals surface area contributed by atoms with Gasteiger partial charge in [-0.1, -0.05) is 6.07 Å². The average Bonchev–Trinajstić information content (AvgIpc) is 2.46. The fourth-order valence-corrected chi connectivity index (χ4v) is 1.42. The zero-order valence-corrected chi connectivity index (χ0v) is 7.01. The summed E-state index contributed by atoms with van der Waals surface area (Å²) in [6.45, 7) is 0. The molecule has 0 radical (unpaired) electrons. The Bertz CT molecular complexity index is 334. The molecule has 0 aliphatic heterocycles. The van der Waals surface area contributed by atoms with E-state index >= 15 is 0 Å². The molecule has 2 heterocycles.